The van der Waals surface area contributed by atoms with Gasteiger partial charge in [0.05, 0.1) is 19.3 Å². The van der Waals surface area contributed by atoms with Gasteiger partial charge in [-0.2, -0.15) is 0 Å². The monoisotopic (exact) mass is 408 g/mol. The van der Waals surface area contributed by atoms with Gasteiger partial charge in [0.15, 0.2) is 0 Å². The summed E-state index contributed by atoms with van der Waals surface area (Å²) in [6.07, 6.45) is 22.3. The van der Waals surface area contributed by atoms with Crippen LogP contribution in [0.4, 0.5) is 0 Å². The lowest BCUT2D eigenvalue weighted by atomic mass is 9.63. The molecule has 160 valence electrons. The van der Waals surface area contributed by atoms with Crippen LogP contribution in [0.25, 0.3) is 0 Å². The number of alkyl halides is 1. The Bertz CT molecular complexity index is 487. The molecule has 0 aromatic carbocycles. The highest BCUT2D eigenvalue weighted by Gasteiger charge is 2.37. The minimum absolute atomic E-state index is 0.0468. The predicted octanol–water partition coefficient (Wildman–Crippen LogP) is 6.54. The topological polar surface area (TPSA) is 29.5 Å². The molecule has 0 radical (unpaired) electrons. The summed E-state index contributed by atoms with van der Waals surface area (Å²) in [6.45, 7) is 6.84. The molecule has 0 heterocycles. The molecule has 3 heteroatoms. The van der Waals surface area contributed by atoms with Crippen LogP contribution in [0.5, 0.6) is 0 Å². The van der Waals surface area contributed by atoms with E-state index < -0.39 is 0 Å². The van der Waals surface area contributed by atoms with Crippen molar-refractivity contribution in [3.05, 3.63) is 37.0 Å². The van der Waals surface area contributed by atoms with E-state index in [1.807, 2.05) is 6.08 Å². The van der Waals surface area contributed by atoms with E-state index in [2.05, 4.69) is 37.8 Å². The molecule has 2 nitrogen and oxygen atoms in total. The molecule has 0 aliphatic heterocycles. The van der Waals surface area contributed by atoms with Crippen LogP contribution in [-0.4, -0.2) is 30.3 Å². The molecular weight excluding hydrogens is 368 g/mol. The van der Waals surface area contributed by atoms with Gasteiger partial charge in [-0.3, -0.25) is 0 Å². The second-order valence-electron chi connectivity index (χ2n) is 8.73. The number of hydrogen-bond acceptors (Lipinski definition) is 2. The fourth-order valence-electron chi connectivity index (χ4n) is 5.57. The molecule has 1 N–H and O–H groups in total. The molecule has 0 amide bonds. The van der Waals surface area contributed by atoms with Gasteiger partial charge >= 0.3 is 0 Å². The first-order chi connectivity index (χ1) is 13.7. The maximum absolute atomic E-state index is 9.04. The Balaban J connectivity index is 2.10. The standard InChI is InChI=1S/C25H41ClO2/c1-3-23(28-19-18-27)15-14-20(2)25(22-12-8-5-9-13-22)24(16-17-26)21-10-6-4-7-11-21/h3-6,8,20-25,27H,1,7,9-19H2,2H3. The summed E-state index contributed by atoms with van der Waals surface area (Å²) in [5.74, 6) is 4.42. The number of rotatable bonds is 13. The van der Waals surface area contributed by atoms with E-state index in [9.17, 15) is 0 Å². The predicted molar refractivity (Wildman–Crippen MR) is 121 cm³/mol. The van der Waals surface area contributed by atoms with Crippen molar-refractivity contribution in [2.24, 2.45) is 29.6 Å². The summed E-state index contributed by atoms with van der Waals surface area (Å²) in [7, 11) is 0. The zero-order chi connectivity index (χ0) is 20.2. The van der Waals surface area contributed by atoms with E-state index >= 15 is 0 Å². The largest absolute Gasteiger partial charge is 0.394 e. The lowest BCUT2D eigenvalue weighted by molar-refractivity contribution is 0.0370. The van der Waals surface area contributed by atoms with Crippen molar-refractivity contribution < 1.29 is 9.84 Å². The Hall–Kier alpha value is -0.570. The van der Waals surface area contributed by atoms with Crippen molar-refractivity contribution in [1.29, 1.82) is 0 Å². The van der Waals surface area contributed by atoms with Crippen LogP contribution < -0.4 is 0 Å². The van der Waals surface area contributed by atoms with Gasteiger partial charge in [0.1, 0.15) is 0 Å². The molecule has 0 spiro atoms. The van der Waals surface area contributed by atoms with Crippen LogP contribution in [0.15, 0.2) is 37.0 Å². The second-order valence-corrected chi connectivity index (χ2v) is 9.11. The summed E-state index contributed by atoms with van der Waals surface area (Å²) in [6, 6.07) is 0. The van der Waals surface area contributed by atoms with E-state index in [4.69, 9.17) is 21.4 Å². The lowest BCUT2D eigenvalue weighted by Crippen LogP contribution is -2.35. The molecule has 0 aromatic rings. The minimum Gasteiger partial charge on any atom is -0.394 e. The van der Waals surface area contributed by atoms with Crippen LogP contribution in [0, 0.1) is 29.6 Å². The maximum atomic E-state index is 9.04. The van der Waals surface area contributed by atoms with Crippen LogP contribution in [-0.2, 0) is 4.74 Å². The molecule has 0 fully saturated rings. The second kappa shape index (κ2) is 13.6. The number of aliphatic hydroxyl groups excluding tert-OH is 1. The zero-order valence-corrected chi connectivity index (χ0v) is 18.5. The van der Waals surface area contributed by atoms with Gasteiger partial charge < -0.3 is 9.84 Å². The first-order valence-corrected chi connectivity index (χ1v) is 12.0. The van der Waals surface area contributed by atoms with Gasteiger partial charge in [-0.15, -0.1) is 18.2 Å². The van der Waals surface area contributed by atoms with Crippen molar-refractivity contribution in [3.8, 4) is 0 Å². The van der Waals surface area contributed by atoms with E-state index in [0.717, 1.165) is 48.8 Å². The van der Waals surface area contributed by atoms with Crippen molar-refractivity contribution in [2.75, 3.05) is 19.1 Å². The van der Waals surface area contributed by atoms with Gasteiger partial charge in [-0.05, 0) is 87.4 Å². The average molecular weight is 409 g/mol. The van der Waals surface area contributed by atoms with Crippen molar-refractivity contribution in [3.63, 3.8) is 0 Å². The van der Waals surface area contributed by atoms with Crippen LogP contribution in [0.1, 0.15) is 64.7 Å². The number of hydrogen-bond donors (Lipinski definition) is 1. The Morgan fingerprint density at radius 2 is 1.75 bits per heavy atom. The molecule has 0 saturated heterocycles. The van der Waals surface area contributed by atoms with E-state index in [1.54, 1.807) is 0 Å². The molecule has 2 aliphatic carbocycles. The molecular formula is C25H41ClO2. The van der Waals surface area contributed by atoms with Gasteiger partial charge in [-0.1, -0.05) is 37.3 Å². The number of aliphatic hydroxyl groups is 1. The highest BCUT2D eigenvalue weighted by molar-refractivity contribution is 6.17. The number of ether oxygens (including phenoxy) is 1. The maximum Gasteiger partial charge on any atom is 0.0754 e. The molecule has 0 aromatic heterocycles. The molecule has 2 rings (SSSR count). The van der Waals surface area contributed by atoms with E-state index in [1.165, 1.54) is 38.5 Å². The smallest absolute Gasteiger partial charge is 0.0754 e. The van der Waals surface area contributed by atoms with Crippen LogP contribution in [0.3, 0.4) is 0 Å². The Kier molecular flexibility index (Phi) is 11.5. The fourth-order valence-corrected chi connectivity index (χ4v) is 5.82. The first-order valence-electron chi connectivity index (χ1n) is 11.4. The summed E-state index contributed by atoms with van der Waals surface area (Å²) in [4.78, 5) is 0. The minimum atomic E-state index is 0.0468. The van der Waals surface area contributed by atoms with Gasteiger partial charge in [-0.25, -0.2) is 0 Å². The summed E-state index contributed by atoms with van der Waals surface area (Å²) in [5.41, 5.74) is 0. The molecule has 0 bridgehead atoms. The first kappa shape index (κ1) is 23.7. The van der Waals surface area contributed by atoms with Crippen molar-refractivity contribution in [1.82, 2.24) is 0 Å². The molecule has 6 unspecified atom stereocenters. The van der Waals surface area contributed by atoms with Crippen molar-refractivity contribution >= 4 is 11.6 Å². The van der Waals surface area contributed by atoms with Crippen LogP contribution >= 0.6 is 11.6 Å². The quantitative estimate of drug-likeness (QED) is 0.277. The van der Waals surface area contributed by atoms with E-state index in [-0.39, 0.29) is 12.7 Å². The Morgan fingerprint density at radius 1 is 1.07 bits per heavy atom. The third-order valence-electron chi connectivity index (χ3n) is 6.96. The highest BCUT2D eigenvalue weighted by Crippen LogP contribution is 2.45. The van der Waals surface area contributed by atoms with E-state index in [0.29, 0.717) is 12.5 Å². The molecule has 6 atom stereocenters. The Labute approximate surface area is 178 Å². The average Bonchev–Trinajstić information content (AvgIpc) is 2.75. The van der Waals surface area contributed by atoms with Gasteiger partial charge in [0.2, 0.25) is 0 Å². The zero-order valence-electron chi connectivity index (χ0n) is 17.8. The lowest BCUT2D eigenvalue weighted by Gasteiger charge is -2.43. The summed E-state index contributed by atoms with van der Waals surface area (Å²) >= 11 is 6.32. The molecule has 2 aliphatic rings. The van der Waals surface area contributed by atoms with Crippen molar-refractivity contribution in [2.45, 2.75) is 70.8 Å². The third kappa shape index (κ3) is 7.35. The normalized spacial score (nSPS) is 26.5. The third-order valence-corrected chi connectivity index (χ3v) is 7.17. The highest BCUT2D eigenvalue weighted by atomic mass is 35.5. The molecule has 0 saturated carbocycles. The summed E-state index contributed by atoms with van der Waals surface area (Å²) < 4.78 is 5.73. The van der Waals surface area contributed by atoms with Gasteiger partial charge in [0.25, 0.3) is 0 Å². The fraction of sp³-hybridized carbons (Fsp3) is 0.760. The van der Waals surface area contributed by atoms with Crippen LogP contribution in [0.2, 0.25) is 0 Å². The number of halogens is 1. The van der Waals surface area contributed by atoms with Gasteiger partial charge in [0, 0.05) is 5.88 Å². The SMILES string of the molecule is C=CC(CCC(C)C(C1CC=CCC1)C(CCCl)C1CC=CCC1)OCCO. The molecule has 28 heavy (non-hydrogen) atoms. The number of allylic oxidation sites excluding steroid dienone is 4. The Morgan fingerprint density at radius 3 is 2.29 bits per heavy atom. The summed E-state index contributed by atoms with van der Waals surface area (Å²) in [5, 5.41) is 9.04.